The maximum absolute atomic E-state index is 13.4. The van der Waals surface area contributed by atoms with Gasteiger partial charge in [-0.3, -0.25) is 38.4 Å². The topological polar surface area (TPSA) is 311 Å². The van der Waals surface area contributed by atoms with Crippen LogP contribution in [0.3, 0.4) is 0 Å². The van der Waals surface area contributed by atoms with Crippen LogP contribution in [0.2, 0.25) is 0 Å². The van der Waals surface area contributed by atoms with Crippen LogP contribution >= 0.6 is 0 Å². The van der Waals surface area contributed by atoms with Crippen molar-refractivity contribution in [1.29, 1.82) is 0 Å². The first-order valence-corrected chi connectivity index (χ1v) is 38.6. The number of nitrogens with one attached hydrogen (secondary N) is 6. The summed E-state index contributed by atoms with van der Waals surface area (Å²) >= 11 is 0. The molecule has 4 amide bonds. The van der Waals surface area contributed by atoms with Crippen LogP contribution in [0.15, 0.2) is 60.9 Å². The predicted octanol–water partition coefficient (Wildman–Crippen LogP) is 14.8. The highest BCUT2D eigenvalue weighted by Crippen LogP contribution is 2.29. The summed E-state index contributed by atoms with van der Waals surface area (Å²) in [5.41, 5.74) is 21.3. The molecule has 18 heteroatoms. The number of ketones is 5. The molecule has 2 aromatic heterocycles. The molecule has 0 spiro atoms. The van der Waals surface area contributed by atoms with Crippen molar-refractivity contribution in [3.63, 3.8) is 0 Å². The monoisotopic (exact) mass is 1390 g/mol. The van der Waals surface area contributed by atoms with Crippen molar-refractivity contribution in [3.05, 3.63) is 72.1 Å². The van der Waals surface area contributed by atoms with Crippen molar-refractivity contribution in [2.75, 3.05) is 26.7 Å². The molecular weight excluding hydrogens is 1250 g/mol. The molecule has 0 aliphatic rings. The van der Waals surface area contributed by atoms with Crippen LogP contribution in [0.1, 0.15) is 273 Å². The molecule has 4 aromatic rings. The Balaban J connectivity index is 0.000000549. The van der Waals surface area contributed by atoms with Crippen molar-refractivity contribution >= 4 is 74.4 Å². The minimum Gasteiger partial charge on any atom is -0.361 e. The van der Waals surface area contributed by atoms with Gasteiger partial charge in [-0.05, 0) is 187 Å². The zero-order valence-electron chi connectivity index (χ0n) is 64.1. The number of aromatic amines is 2. The Labute approximate surface area is 602 Å². The average Bonchev–Trinajstić information content (AvgIpc) is 1.69. The number of para-hydroxylation sites is 2. The van der Waals surface area contributed by atoms with Gasteiger partial charge < -0.3 is 53.2 Å². The molecule has 0 bridgehead atoms. The normalized spacial score (nSPS) is 13.8. The zero-order chi connectivity index (χ0) is 74.4. The van der Waals surface area contributed by atoms with Crippen molar-refractivity contribution in [1.82, 2.24) is 31.2 Å². The van der Waals surface area contributed by atoms with Gasteiger partial charge in [0.25, 0.3) is 0 Å². The van der Waals surface area contributed by atoms with E-state index in [4.69, 9.17) is 17.2 Å². The Hall–Kier alpha value is -6.37. The van der Waals surface area contributed by atoms with E-state index in [-0.39, 0.29) is 82.6 Å². The summed E-state index contributed by atoms with van der Waals surface area (Å²) in [4.78, 5) is 117. The number of carbonyl (C=O) groups excluding carboxylic acids is 9. The van der Waals surface area contributed by atoms with Gasteiger partial charge in [0.05, 0.1) is 0 Å². The Morgan fingerprint density at radius 2 is 0.900 bits per heavy atom. The van der Waals surface area contributed by atoms with Crippen molar-refractivity contribution in [2.45, 2.75) is 293 Å². The second-order valence-electron chi connectivity index (χ2n) is 29.8. The van der Waals surface area contributed by atoms with E-state index in [0.29, 0.717) is 164 Å². The van der Waals surface area contributed by atoms with Crippen LogP contribution in [0, 0.1) is 47.3 Å². The molecule has 12 N–H and O–H groups in total. The first-order chi connectivity index (χ1) is 47.7. The number of amides is 4. The average molecular weight is 1390 g/mol. The molecular formula is C82H137N9O9. The SMILES string of the molecule is CC(=O)CC[C@@H](CC(=O)CC[C@@H](C)CCCCN)C(C)C.CCC(=O)N[C@@H](CCCCN)CCC(=O)C[C@H](CCC(=O)NC)Cc1c[nH]c2ccccc12.CC[C@@H](CC(=O)CC[C@H](Cc1c[nH]c2ccccc12)NC(=O)CC[C@H](CCCCN)CC(=O)CC[C@@H](NC(C)=O)C(C)C)C(C)C. The number of hydrogen-bond acceptors (Lipinski definition) is 12. The summed E-state index contributed by atoms with van der Waals surface area (Å²) in [5, 5.41) is 14.2. The minimum atomic E-state index is -0.158. The molecule has 0 radical (unpaired) electrons. The lowest BCUT2D eigenvalue weighted by Gasteiger charge is -2.23. The van der Waals surface area contributed by atoms with Crippen LogP contribution in [0.5, 0.6) is 0 Å². The highest BCUT2D eigenvalue weighted by atomic mass is 16.2. The summed E-state index contributed by atoms with van der Waals surface area (Å²) in [7, 11) is 1.64. The Bertz CT molecular complexity index is 2990. The van der Waals surface area contributed by atoms with Crippen LogP contribution in [-0.2, 0) is 56.0 Å². The number of rotatable bonds is 53. The molecule has 0 unspecified atom stereocenters. The smallest absolute Gasteiger partial charge is 0.220 e. The van der Waals surface area contributed by atoms with Gasteiger partial charge >= 0.3 is 0 Å². The Morgan fingerprint density at radius 1 is 0.430 bits per heavy atom. The quantitative estimate of drug-likeness (QED) is 0.0186. The lowest BCUT2D eigenvalue weighted by molar-refractivity contribution is -0.124. The van der Waals surface area contributed by atoms with Crippen LogP contribution in [0.4, 0.5) is 0 Å². The number of nitrogens with two attached hydrogens (primary N) is 3. The van der Waals surface area contributed by atoms with E-state index >= 15 is 0 Å². The van der Waals surface area contributed by atoms with E-state index < -0.39 is 0 Å². The van der Waals surface area contributed by atoms with E-state index in [1.807, 2.05) is 55.7 Å². The molecule has 100 heavy (non-hydrogen) atoms. The number of benzene rings is 2. The first kappa shape index (κ1) is 89.7. The lowest BCUT2D eigenvalue weighted by Crippen LogP contribution is -2.37. The maximum Gasteiger partial charge on any atom is 0.220 e. The summed E-state index contributed by atoms with van der Waals surface area (Å²) in [6.45, 7) is 24.1. The third-order valence-corrected chi connectivity index (χ3v) is 20.1. The van der Waals surface area contributed by atoms with Gasteiger partial charge in [-0.15, -0.1) is 0 Å². The molecule has 4 rings (SSSR count). The third-order valence-electron chi connectivity index (χ3n) is 20.1. The number of unbranched alkanes of at least 4 members (excludes halogenated alkanes) is 3. The highest BCUT2D eigenvalue weighted by molar-refractivity contribution is 5.85. The van der Waals surface area contributed by atoms with E-state index in [0.717, 1.165) is 105 Å². The molecule has 0 saturated carbocycles. The Morgan fingerprint density at radius 3 is 1.42 bits per heavy atom. The second-order valence-corrected chi connectivity index (χ2v) is 29.8. The minimum absolute atomic E-state index is 0.00545. The number of hydrogen-bond donors (Lipinski definition) is 9. The van der Waals surface area contributed by atoms with Gasteiger partial charge in [0.1, 0.15) is 28.9 Å². The van der Waals surface area contributed by atoms with Gasteiger partial charge in [0.2, 0.25) is 23.6 Å². The molecule has 0 aliphatic carbocycles. The fraction of sp³-hybridized carbons (Fsp3) is 0.695. The number of aromatic nitrogens is 2. The van der Waals surface area contributed by atoms with Crippen molar-refractivity contribution in [3.8, 4) is 0 Å². The molecule has 0 saturated heterocycles. The number of carbonyl (C=O) groups is 9. The fourth-order valence-electron chi connectivity index (χ4n) is 13.4. The second kappa shape index (κ2) is 52.6. The molecule has 8 atom stereocenters. The summed E-state index contributed by atoms with van der Waals surface area (Å²) < 4.78 is 0. The van der Waals surface area contributed by atoms with Crippen LogP contribution in [-0.4, -0.2) is 107 Å². The Kier molecular flexibility index (Phi) is 47.2. The van der Waals surface area contributed by atoms with Gasteiger partial charge in [-0.1, -0.05) is 131 Å². The maximum atomic E-state index is 13.4. The number of Topliss-reactive ketones (excluding diaryl/α,β-unsaturated/α-hetero) is 5. The molecule has 0 aliphatic heterocycles. The van der Waals surface area contributed by atoms with E-state index in [1.54, 1.807) is 14.0 Å². The van der Waals surface area contributed by atoms with Crippen molar-refractivity contribution < 1.29 is 43.2 Å². The first-order valence-electron chi connectivity index (χ1n) is 38.6. The van der Waals surface area contributed by atoms with Gasteiger partial charge in [0, 0.05) is 143 Å². The van der Waals surface area contributed by atoms with Gasteiger partial charge in [0.15, 0.2) is 0 Å². The third kappa shape index (κ3) is 39.7. The fourth-order valence-corrected chi connectivity index (χ4v) is 13.4. The number of fused-ring (bicyclic) bond motifs is 2. The lowest BCUT2D eigenvalue weighted by atomic mass is 9.85. The van der Waals surface area contributed by atoms with Crippen LogP contribution < -0.4 is 38.5 Å². The van der Waals surface area contributed by atoms with Crippen LogP contribution in [0.25, 0.3) is 21.8 Å². The molecule has 564 valence electrons. The number of H-pyrrole nitrogens is 2. The molecule has 2 aromatic carbocycles. The molecule has 2 heterocycles. The van der Waals surface area contributed by atoms with E-state index in [1.165, 1.54) is 25.3 Å². The highest BCUT2D eigenvalue weighted by Gasteiger charge is 2.25. The summed E-state index contributed by atoms with van der Waals surface area (Å²) in [6, 6.07) is 16.1. The zero-order valence-corrected chi connectivity index (χ0v) is 64.1. The van der Waals surface area contributed by atoms with E-state index in [9.17, 15) is 43.2 Å². The largest absolute Gasteiger partial charge is 0.361 e. The summed E-state index contributed by atoms with van der Waals surface area (Å²) in [6.07, 6.45) is 26.1. The standard InChI is InChI=1S/C38H62N4O4.C26H40N4O3.C18H35NO2/c1-7-30(26(2)3)24-34(45)17-16-32(23-31-25-40-37-14-9-8-13-35(31)37)42-38(46)20-15-29(12-10-11-21-39)22-33(44)18-19-36(27(4)5)41-28(6)43;1-3-25(32)30-21(8-6-7-15-27)12-13-22(31)17-19(11-14-26(33)28-2)16-20-18-29-24-10-5-4-9-23(20)24;1-14(2)17(10-9-16(4)20)13-18(21)11-8-15(3)7-5-6-12-19/h8-9,13-14,25-27,29-30,32,36,40H,7,10-12,15-24,39H2,1-6H3,(H,41,43)(H,42,46);4-5,9-10,18-19,21,29H,3,6-8,11-17,27H2,1-2H3,(H,28,33)(H,30,32);14-15,17H,5-13,19H2,1-4H3/t29-,30-,32+,36+;19-,21+;15-,17-/m010/s1. The van der Waals surface area contributed by atoms with E-state index in [2.05, 4.69) is 98.8 Å². The molecule has 18 nitrogen and oxygen atoms in total. The van der Waals surface area contributed by atoms with Crippen molar-refractivity contribution in [2.24, 2.45) is 64.5 Å². The molecule has 0 fully saturated rings. The predicted molar refractivity (Wildman–Crippen MR) is 410 cm³/mol. The van der Waals surface area contributed by atoms with Gasteiger partial charge in [-0.25, -0.2) is 0 Å². The van der Waals surface area contributed by atoms with Gasteiger partial charge in [-0.2, -0.15) is 0 Å². The summed E-state index contributed by atoms with van der Waals surface area (Å²) in [5.74, 6) is 3.84.